The summed E-state index contributed by atoms with van der Waals surface area (Å²) >= 11 is 0. The predicted molar refractivity (Wildman–Crippen MR) is 103 cm³/mol. The van der Waals surface area contributed by atoms with Crippen molar-refractivity contribution in [2.45, 2.75) is 31.6 Å². The van der Waals surface area contributed by atoms with Gasteiger partial charge in [-0.05, 0) is 50.0 Å². The number of nitrogens with one attached hydrogen (secondary N) is 2. The molecule has 1 amide bonds. The second-order valence-corrected chi connectivity index (χ2v) is 6.34. The highest BCUT2D eigenvalue weighted by molar-refractivity contribution is 5.89. The molecule has 0 radical (unpaired) electrons. The lowest BCUT2D eigenvalue weighted by molar-refractivity contribution is -0.116. The fourth-order valence-electron chi connectivity index (χ4n) is 3.04. The lowest BCUT2D eigenvalue weighted by atomic mass is 9.98. The minimum atomic E-state index is -0.0600. The largest absolute Gasteiger partial charge is 0.497 e. The van der Waals surface area contributed by atoms with Crippen LogP contribution in [0, 0.1) is 0 Å². The maximum Gasteiger partial charge on any atom is 0.227 e. The number of halogens is 1. The van der Waals surface area contributed by atoms with Crippen LogP contribution in [0.25, 0.3) is 0 Å². The topological polar surface area (TPSA) is 81.1 Å². The van der Waals surface area contributed by atoms with Gasteiger partial charge in [-0.1, -0.05) is 12.1 Å². The monoisotopic (exact) mass is 379 g/mol. The average molecular weight is 380 g/mol. The molecular formula is C18H26ClN5O2. The Morgan fingerprint density at radius 2 is 2.15 bits per heavy atom. The van der Waals surface area contributed by atoms with Gasteiger partial charge >= 0.3 is 0 Å². The van der Waals surface area contributed by atoms with E-state index < -0.39 is 0 Å². The van der Waals surface area contributed by atoms with E-state index in [-0.39, 0.29) is 18.3 Å². The molecule has 1 aliphatic rings. The summed E-state index contributed by atoms with van der Waals surface area (Å²) in [6, 6.07) is 7.77. The normalized spacial score (nSPS) is 14.5. The summed E-state index contributed by atoms with van der Waals surface area (Å²) in [6.45, 7) is 1.98. The molecule has 2 heterocycles. The number of methoxy groups -OCH3 is 1. The summed E-state index contributed by atoms with van der Waals surface area (Å²) < 4.78 is 6.86. The Bertz CT molecular complexity index is 728. The Labute approximate surface area is 159 Å². The van der Waals surface area contributed by atoms with Gasteiger partial charge in [-0.3, -0.25) is 10.1 Å². The molecule has 2 aromatic rings. The van der Waals surface area contributed by atoms with Crippen molar-refractivity contribution in [1.82, 2.24) is 20.1 Å². The zero-order chi connectivity index (χ0) is 17.6. The van der Waals surface area contributed by atoms with Gasteiger partial charge in [-0.15, -0.1) is 12.4 Å². The van der Waals surface area contributed by atoms with Gasteiger partial charge in [-0.2, -0.15) is 10.1 Å². The summed E-state index contributed by atoms with van der Waals surface area (Å²) in [5.41, 5.74) is 1.07. The van der Waals surface area contributed by atoms with E-state index in [4.69, 9.17) is 4.74 Å². The van der Waals surface area contributed by atoms with Gasteiger partial charge in [0, 0.05) is 19.4 Å². The maximum atomic E-state index is 12.2. The highest BCUT2D eigenvalue weighted by Crippen LogP contribution is 2.23. The number of aryl methyl sites for hydroxylation is 2. The van der Waals surface area contributed by atoms with E-state index in [9.17, 15) is 4.79 Å². The Morgan fingerprint density at radius 1 is 1.38 bits per heavy atom. The number of ether oxygens (including phenoxy) is 1. The Morgan fingerprint density at radius 3 is 2.88 bits per heavy atom. The molecule has 0 unspecified atom stereocenters. The van der Waals surface area contributed by atoms with E-state index >= 15 is 0 Å². The molecule has 2 N–H and O–H groups in total. The summed E-state index contributed by atoms with van der Waals surface area (Å²) in [7, 11) is 3.45. The number of carbonyl (C=O) groups is 1. The fourth-order valence-corrected chi connectivity index (χ4v) is 3.04. The third-order valence-electron chi connectivity index (χ3n) is 4.51. The van der Waals surface area contributed by atoms with Crippen LogP contribution in [0.1, 0.15) is 36.6 Å². The van der Waals surface area contributed by atoms with Crippen LogP contribution in [-0.2, 0) is 18.3 Å². The van der Waals surface area contributed by atoms with Gasteiger partial charge in [0.25, 0.3) is 0 Å². The maximum absolute atomic E-state index is 12.2. The van der Waals surface area contributed by atoms with Crippen molar-refractivity contribution in [1.29, 1.82) is 0 Å². The van der Waals surface area contributed by atoms with Crippen molar-refractivity contribution in [2.75, 3.05) is 25.5 Å². The third kappa shape index (κ3) is 5.19. The van der Waals surface area contributed by atoms with Crippen molar-refractivity contribution >= 4 is 24.3 Å². The number of piperidine rings is 1. The van der Waals surface area contributed by atoms with Crippen molar-refractivity contribution < 1.29 is 9.53 Å². The molecule has 0 atom stereocenters. The van der Waals surface area contributed by atoms with Gasteiger partial charge in [0.05, 0.1) is 7.11 Å². The summed E-state index contributed by atoms with van der Waals surface area (Å²) in [6.07, 6.45) is 3.12. The summed E-state index contributed by atoms with van der Waals surface area (Å²) in [5, 5.41) is 10.7. The zero-order valence-corrected chi connectivity index (χ0v) is 16.0. The lowest BCUT2D eigenvalue weighted by Crippen LogP contribution is -2.27. The van der Waals surface area contributed by atoms with E-state index in [0.717, 1.165) is 43.1 Å². The standard InChI is InChI=1S/C18H25N5O2.ClH/c1-23-18(21-17(22-23)14-8-10-19-11-9-14)20-16(24)7-6-13-4-3-5-15(12-13)25-2;/h3-5,12,14,19H,6-11H2,1-2H3,(H,20,21,22,24);1H. The molecule has 1 aromatic carbocycles. The van der Waals surface area contributed by atoms with Gasteiger partial charge < -0.3 is 10.1 Å². The average Bonchev–Trinajstić information content (AvgIpc) is 3.01. The molecule has 3 rings (SSSR count). The first-order chi connectivity index (χ1) is 12.2. The third-order valence-corrected chi connectivity index (χ3v) is 4.51. The number of nitrogens with zero attached hydrogens (tertiary/aromatic N) is 3. The number of rotatable bonds is 6. The number of aromatic nitrogens is 3. The first-order valence-electron chi connectivity index (χ1n) is 8.70. The van der Waals surface area contributed by atoms with E-state index in [1.54, 1.807) is 11.8 Å². The van der Waals surface area contributed by atoms with Crippen LogP contribution in [0.5, 0.6) is 5.75 Å². The van der Waals surface area contributed by atoms with Gasteiger partial charge in [0.1, 0.15) is 5.75 Å². The van der Waals surface area contributed by atoms with Crippen molar-refractivity contribution in [3.63, 3.8) is 0 Å². The van der Waals surface area contributed by atoms with Crippen molar-refractivity contribution in [3.8, 4) is 5.75 Å². The van der Waals surface area contributed by atoms with Crippen LogP contribution in [-0.4, -0.2) is 40.9 Å². The van der Waals surface area contributed by atoms with Crippen LogP contribution in [0.4, 0.5) is 5.95 Å². The van der Waals surface area contributed by atoms with E-state index in [0.29, 0.717) is 24.7 Å². The second kappa shape index (κ2) is 9.54. The highest BCUT2D eigenvalue weighted by atomic mass is 35.5. The molecule has 26 heavy (non-hydrogen) atoms. The second-order valence-electron chi connectivity index (χ2n) is 6.34. The van der Waals surface area contributed by atoms with Crippen molar-refractivity contribution in [2.24, 2.45) is 7.05 Å². The Kier molecular flexibility index (Phi) is 7.41. The first-order valence-corrected chi connectivity index (χ1v) is 8.70. The van der Waals surface area contributed by atoms with Gasteiger partial charge in [0.15, 0.2) is 5.82 Å². The summed E-state index contributed by atoms with van der Waals surface area (Å²) in [4.78, 5) is 16.8. The van der Waals surface area contributed by atoms with E-state index in [1.165, 1.54) is 0 Å². The number of hydrogen-bond donors (Lipinski definition) is 2. The Hall–Kier alpha value is -2.12. The number of anilines is 1. The molecule has 0 aliphatic carbocycles. The lowest BCUT2D eigenvalue weighted by Gasteiger charge is -2.19. The molecule has 0 spiro atoms. The first kappa shape index (κ1) is 20.2. The number of hydrogen-bond acceptors (Lipinski definition) is 5. The fraction of sp³-hybridized carbons (Fsp3) is 0.500. The van der Waals surface area contributed by atoms with Crippen LogP contribution in [0.15, 0.2) is 24.3 Å². The van der Waals surface area contributed by atoms with Gasteiger partial charge in [0.2, 0.25) is 11.9 Å². The molecule has 1 fully saturated rings. The van der Waals surface area contributed by atoms with Crippen LogP contribution in [0.2, 0.25) is 0 Å². The molecule has 1 saturated heterocycles. The predicted octanol–water partition coefficient (Wildman–Crippen LogP) is 2.28. The number of benzene rings is 1. The minimum absolute atomic E-state index is 0. The molecule has 142 valence electrons. The molecule has 1 aliphatic heterocycles. The zero-order valence-electron chi connectivity index (χ0n) is 15.2. The quantitative estimate of drug-likeness (QED) is 0.804. The minimum Gasteiger partial charge on any atom is -0.497 e. The molecule has 0 saturated carbocycles. The highest BCUT2D eigenvalue weighted by Gasteiger charge is 2.21. The summed E-state index contributed by atoms with van der Waals surface area (Å²) in [5.74, 6) is 2.46. The van der Waals surface area contributed by atoms with E-state index in [1.807, 2.05) is 31.3 Å². The van der Waals surface area contributed by atoms with Gasteiger partial charge in [-0.25, -0.2) is 4.68 Å². The number of amides is 1. The molecule has 0 bridgehead atoms. The van der Waals surface area contributed by atoms with Crippen LogP contribution in [0.3, 0.4) is 0 Å². The molecule has 8 heteroatoms. The smallest absolute Gasteiger partial charge is 0.227 e. The molecule has 7 nitrogen and oxygen atoms in total. The van der Waals surface area contributed by atoms with E-state index in [2.05, 4.69) is 20.7 Å². The van der Waals surface area contributed by atoms with Crippen molar-refractivity contribution in [3.05, 3.63) is 35.7 Å². The Balaban J connectivity index is 0.00000243. The molecule has 1 aromatic heterocycles. The molecular weight excluding hydrogens is 354 g/mol. The SMILES string of the molecule is COc1cccc(CCC(=O)Nc2nc(C3CCNCC3)nn2C)c1.Cl. The van der Waals surface area contributed by atoms with Crippen LogP contribution < -0.4 is 15.4 Å². The number of carbonyl (C=O) groups excluding carboxylic acids is 1. The van der Waals surface area contributed by atoms with Crippen LogP contribution >= 0.6 is 12.4 Å².